The van der Waals surface area contributed by atoms with Crippen LogP contribution >= 0.6 is 27.7 Å². The van der Waals surface area contributed by atoms with E-state index in [1.807, 2.05) is 29.7 Å². The zero-order valence-corrected chi connectivity index (χ0v) is 13.8. The molecule has 7 heteroatoms. The minimum atomic E-state index is -0.854. The lowest BCUT2D eigenvalue weighted by atomic mass is 10.2. The molecule has 0 saturated heterocycles. The van der Waals surface area contributed by atoms with Gasteiger partial charge in [-0.1, -0.05) is 33.8 Å². The molecule has 1 aliphatic rings. The number of thioether (sulfide) groups is 1. The second-order valence-electron chi connectivity index (χ2n) is 5.07. The van der Waals surface area contributed by atoms with Gasteiger partial charge in [0.25, 0.3) is 0 Å². The number of aliphatic carboxylic acids is 1. The van der Waals surface area contributed by atoms with Crippen LogP contribution in [-0.4, -0.2) is 31.6 Å². The van der Waals surface area contributed by atoms with E-state index in [2.05, 4.69) is 26.1 Å². The molecule has 1 saturated carbocycles. The molecule has 1 aromatic heterocycles. The molecule has 5 nitrogen and oxygen atoms in total. The minimum absolute atomic E-state index is 0.0180. The average Bonchev–Trinajstić information content (AvgIpc) is 3.20. The number of carbonyl (C=O) groups is 1. The fourth-order valence-corrected chi connectivity index (χ4v) is 3.12. The van der Waals surface area contributed by atoms with Crippen molar-refractivity contribution >= 4 is 33.7 Å². The molecular weight excluding hydrogens is 354 g/mol. The van der Waals surface area contributed by atoms with E-state index in [0.29, 0.717) is 11.1 Å². The molecule has 3 rings (SSSR count). The van der Waals surface area contributed by atoms with E-state index in [1.165, 1.54) is 11.8 Å². The van der Waals surface area contributed by atoms with Crippen molar-refractivity contribution in [2.24, 2.45) is 0 Å². The Morgan fingerprint density at radius 2 is 2.24 bits per heavy atom. The smallest absolute Gasteiger partial charge is 0.313 e. The summed E-state index contributed by atoms with van der Waals surface area (Å²) in [6.45, 7) is 2.03. The fourth-order valence-electron chi connectivity index (χ4n) is 2.07. The standard InChI is InChI=1S/C14H14BrN3O2S/c1-8-2-5-10(6-11(8)15)18-13(9-3-4-9)16-17-14(18)21-7-12(19)20/h2,5-6,9H,3-4,7H2,1H3,(H,19,20). The monoisotopic (exact) mass is 367 g/mol. The van der Waals surface area contributed by atoms with Gasteiger partial charge in [-0.15, -0.1) is 10.2 Å². The molecule has 1 aliphatic carbocycles. The number of hydrogen-bond donors (Lipinski definition) is 1. The largest absolute Gasteiger partial charge is 0.481 e. The first-order valence-corrected chi connectivity index (χ1v) is 8.40. The quantitative estimate of drug-likeness (QED) is 0.820. The maximum Gasteiger partial charge on any atom is 0.313 e. The highest BCUT2D eigenvalue weighted by atomic mass is 79.9. The predicted octanol–water partition coefficient (Wildman–Crippen LogP) is 3.39. The van der Waals surface area contributed by atoms with Crippen molar-refractivity contribution in [1.82, 2.24) is 14.8 Å². The number of carboxylic acid groups (broad SMARTS) is 1. The van der Waals surface area contributed by atoms with Gasteiger partial charge >= 0.3 is 5.97 Å². The number of rotatable bonds is 5. The molecule has 2 aromatic rings. The van der Waals surface area contributed by atoms with Crippen LogP contribution in [0.2, 0.25) is 0 Å². The van der Waals surface area contributed by atoms with Gasteiger partial charge in [0, 0.05) is 10.4 Å². The van der Waals surface area contributed by atoms with E-state index in [4.69, 9.17) is 5.11 Å². The highest BCUT2D eigenvalue weighted by Gasteiger charge is 2.31. The number of benzene rings is 1. The summed E-state index contributed by atoms with van der Waals surface area (Å²) in [7, 11) is 0. The summed E-state index contributed by atoms with van der Waals surface area (Å²) in [6.07, 6.45) is 2.24. The van der Waals surface area contributed by atoms with Gasteiger partial charge in [-0.2, -0.15) is 0 Å². The third-order valence-corrected chi connectivity index (χ3v) is 5.11. The zero-order chi connectivity index (χ0) is 15.0. The number of aromatic nitrogens is 3. The van der Waals surface area contributed by atoms with Gasteiger partial charge in [-0.25, -0.2) is 0 Å². The molecular formula is C14H14BrN3O2S. The second-order valence-corrected chi connectivity index (χ2v) is 6.86. The number of aryl methyl sites for hydroxylation is 1. The lowest BCUT2D eigenvalue weighted by Crippen LogP contribution is -2.04. The molecule has 1 aromatic carbocycles. The van der Waals surface area contributed by atoms with Crippen LogP contribution in [0.1, 0.15) is 30.1 Å². The summed E-state index contributed by atoms with van der Waals surface area (Å²) in [5.74, 6) is 0.499. The van der Waals surface area contributed by atoms with Crippen molar-refractivity contribution in [3.63, 3.8) is 0 Å². The first-order chi connectivity index (χ1) is 10.1. The Labute approximate surface area is 134 Å². The Kier molecular flexibility index (Phi) is 4.03. The molecule has 1 heterocycles. The third-order valence-electron chi connectivity index (χ3n) is 3.34. The average molecular weight is 368 g/mol. The summed E-state index contributed by atoms with van der Waals surface area (Å²) >= 11 is 4.74. The second kappa shape index (κ2) is 5.81. The summed E-state index contributed by atoms with van der Waals surface area (Å²) < 4.78 is 3.00. The molecule has 0 unspecified atom stereocenters. The summed E-state index contributed by atoms with van der Waals surface area (Å²) in [6, 6.07) is 6.07. The topological polar surface area (TPSA) is 68.0 Å². The van der Waals surface area contributed by atoms with Crippen LogP contribution in [0, 0.1) is 6.92 Å². The van der Waals surface area contributed by atoms with Gasteiger partial charge in [0.2, 0.25) is 0 Å². The summed E-state index contributed by atoms with van der Waals surface area (Å²) in [5, 5.41) is 17.9. The Morgan fingerprint density at radius 3 is 2.86 bits per heavy atom. The Hall–Kier alpha value is -1.34. The van der Waals surface area contributed by atoms with E-state index >= 15 is 0 Å². The van der Waals surface area contributed by atoms with Gasteiger partial charge in [0.15, 0.2) is 5.16 Å². The molecule has 110 valence electrons. The van der Waals surface area contributed by atoms with E-state index in [9.17, 15) is 4.79 Å². The highest BCUT2D eigenvalue weighted by Crippen LogP contribution is 2.41. The van der Waals surface area contributed by atoms with Crippen LogP contribution in [-0.2, 0) is 4.79 Å². The van der Waals surface area contributed by atoms with E-state index in [-0.39, 0.29) is 5.75 Å². The third kappa shape index (κ3) is 3.13. The highest BCUT2D eigenvalue weighted by molar-refractivity contribution is 9.10. The lowest BCUT2D eigenvalue weighted by Gasteiger charge is -2.10. The first-order valence-electron chi connectivity index (χ1n) is 6.62. The van der Waals surface area contributed by atoms with Crippen LogP contribution in [0.15, 0.2) is 27.8 Å². The Morgan fingerprint density at radius 1 is 1.48 bits per heavy atom. The van der Waals surface area contributed by atoms with Crippen LogP contribution in [0.5, 0.6) is 0 Å². The maximum absolute atomic E-state index is 10.8. The molecule has 21 heavy (non-hydrogen) atoms. The van der Waals surface area contributed by atoms with Crippen molar-refractivity contribution in [2.45, 2.75) is 30.8 Å². The van der Waals surface area contributed by atoms with Crippen LogP contribution < -0.4 is 0 Å². The number of carboxylic acids is 1. The van der Waals surface area contributed by atoms with E-state index < -0.39 is 5.97 Å². The van der Waals surface area contributed by atoms with Gasteiger partial charge in [0.05, 0.1) is 11.4 Å². The fraction of sp³-hybridized carbons (Fsp3) is 0.357. The molecule has 0 aliphatic heterocycles. The molecule has 0 spiro atoms. The molecule has 0 radical (unpaired) electrons. The Balaban J connectivity index is 2.02. The minimum Gasteiger partial charge on any atom is -0.481 e. The van der Waals surface area contributed by atoms with Crippen LogP contribution in [0.25, 0.3) is 5.69 Å². The van der Waals surface area contributed by atoms with Gasteiger partial charge in [-0.3, -0.25) is 9.36 Å². The summed E-state index contributed by atoms with van der Waals surface area (Å²) in [4.78, 5) is 10.8. The molecule has 1 fully saturated rings. The van der Waals surface area contributed by atoms with Crippen molar-refractivity contribution in [3.8, 4) is 5.69 Å². The molecule has 0 amide bonds. The summed E-state index contributed by atoms with van der Waals surface area (Å²) in [5.41, 5.74) is 2.12. The molecule has 1 N–H and O–H groups in total. The van der Waals surface area contributed by atoms with Crippen molar-refractivity contribution in [1.29, 1.82) is 0 Å². The Bertz CT molecular complexity index is 698. The van der Waals surface area contributed by atoms with Gasteiger partial charge in [0.1, 0.15) is 5.82 Å². The number of nitrogens with zero attached hydrogens (tertiary/aromatic N) is 3. The van der Waals surface area contributed by atoms with Gasteiger partial charge in [-0.05, 0) is 37.5 Å². The number of halogens is 1. The first kappa shape index (κ1) is 14.6. The SMILES string of the molecule is Cc1ccc(-n2c(SCC(=O)O)nnc2C2CC2)cc1Br. The lowest BCUT2D eigenvalue weighted by molar-refractivity contribution is -0.133. The predicted molar refractivity (Wildman–Crippen MR) is 84.1 cm³/mol. The van der Waals surface area contributed by atoms with Crippen LogP contribution in [0.3, 0.4) is 0 Å². The number of hydrogen-bond acceptors (Lipinski definition) is 4. The maximum atomic E-state index is 10.8. The van der Waals surface area contributed by atoms with E-state index in [0.717, 1.165) is 34.4 Å². The van der Waals surface area contributed by atoms with Crippen molar-refractivity contribution in [3.05, 3.63) is 34.1 Å². The molecule has 0 atom stereocenters. The van der Waals surface area contributed by atoms with Crippen molar-refractivity contribution in [2.75, 3.05) is 5.75 Å². The van der Waals surface area contributed by atoms with Crippen LogP contribution in [0.4, 0.5) is 0 Å². The molecule has 0 bridgehead atoms. The normalized spacial score (nSPS) is 14.4. The van der Waals surface area contributed by atoms with Crippen molar-refractivity contribution < 1.29 is 9.90 Å². The zero-order valence-electron chi connectivity index (χ0n) is 11.4. The van der Waals surface area contributed by atoms with Gasteiger partial charge < -0.3 is 5.11 Å². The van der Waals surface area contributed by atoms with E-state index in [1.54, 1.807) is 0 Å².